The van der Waals surface area contributed by atoms with E-state index in [4.69, 9.17) is 4.74 Å². The van der Waals surface area contributed by atoms with Crippen LogP contribution in [0.2, 0.25) is 0 Å². The number of carbonyl (C=O) groups excluding carboxylic acids is 4. The third kappa shape index (κ3) is 4.46. The van der Waals surface area contributed by atoms with Crippen LogP contribution in [0.1, 0.15) is 58.8 Å². The Morgan fingerprint density at radius 1 is 1.06 bits per heavy atom. The number of imide groups is 1. The number of fused-ring (bicyclic) bond motifs is 1. The fourth-order valence-corrected chi connectivity index (χ4v) is 3.13. The van der Waals surface area contributed by atoms with Gasteiger partial charge in [-0.3, -0.25) is 14.4 Å². The van der Waals surface area contributed by atoms with Gasteiger partial charge in [0.05, 0.1) is 28.4 Å². The maximum atomic E-state index is 13.2. The second-order valence-corrected chi connectivity index (χ2v) is 8.19. The van der Waals surface area contributed by atoms with E-state index in [1.807, 2.05) is 6.07 Å². The molecule has 0 saturated heterocycles. The zero-order valence-corrected chi connectivity index (χ0v) is 18.5. The molecule has 3 rings (SSSR count). The van der Waals surface area contributed by atoms with Crippen molar-refractivity contribution in [2.45, 2.75) is 39.3 Å². The van der Waals surface area contributed by atoms with Crippen molar-refractivity contribution < 1.29 is 28.3 Å². The lowest BCUT2D eigenvalue weighted by Gasteiger charge is -2.28. The van der Waals surface area contributed by atoms with Gasteiger partial charge in [0.2, 0.25) is 0 Å². The number of amides is 3. The molecule has 2 atom stereocenters. The summed E-state index contributed by atoms with van der Waals surface area (Å²) in [6.45, 7) is 6.49. The molecule has 0 radical (unpaired) electrons. The number of anilines is 1. The van der Waals surface area contributed by atoms with E-state index in [0.717, 1.165) is 17.0 Å². The fraction of sp³-hybridized carbons (Fsp3) is 0.292. The first-order valence-electron chi connectivity index (χ1n) is 10.2. The van der Waals surface area contributed by atoms with Crippen LogP contribution in [0.3, 0.4) is 0 Å². The lowest BCUT2D eigenvalue weighted by Crippen LogP contribution is -2.52. The number of carbonyl (C=O) groups is 4. The maximum Gasteiger partial charge on any atom is 0.338 e. The molecule has 0 fully saturated rings. The van der Waals surface area contributed by atoms with Gasteiger partial charge in [0, 0.05) is 0 Å². The number of benzene rings is 2. The second kappa shape index (κ2) is 8.82. The summed E-state index contributed by atoms with van der Waals surface area (Å²) in [7, 11) is 0. The maximum absolute atomic E-state index is 13.2. The molecular formula is C24H22FN3O5. The number of nitriles is 1. The highest BCUT2D eigenvalue weighted by Gasteiger charge is 2.38. The Balaban J connectivity index is 1.77. The molecule has 0 bridgehead atoms. The van der Waals surface area contributed by atoms with Gasteiger partial charge in [-0.15, -0.1) is 0 Å². The van der Waals surface area contributed by atoms with Crippen LogP contribution >= 0.6 is 0 Å². The van der Waals surface area contributed by atoms with E-state index in [1.165, 1.54) is 37.3 Å². The van der Waals surface area contributed by atoms with Crippen molar-refractivity contribution in [1.29, 1.82) is 5.26 Å². The number of ether oxygens (including phenoxy) is 1. The summed E-state index contributed by atoms with van der Waals surface area (Å²) in [5, 5.41) is 11.9. The molecule has 2 aromatic carbocycles. The largest absolute Gasteiger partial charge is 0.449 e. The molecule has 8 nitrogen and oxygen atoms in total. The number of hydrogen-bond donors (Lipinski definition) is 1. The van der Waals surface area contributed by atoms with Crippen molar-refractivity contribution in [3.63, 3.8) is 0 Å². The average Bonchev–Trinajstić information content (AvgIpc) is 3.03. The Kier molecular flexibility index (Phi) is 6.31. The van der Waals surface area contributed by atoms with E-state index in [-0.39, 0.29) is 28.3 Å². The minimum Gasteiger partial charge on any atom is -0.449 e. The van der Waals surface area contributed by atoms with Gasteiger partial charge in [0.25, 0.3) is 17.7 Å². The molecule has 170 valence electrons. The molecular weight excluding hydrogens is 429 g/mol. The molecule has 2 unspecified atom stereocenters. The lowest BCUT2D eigenvalue weighted by molar-refractivity contribution is -0.130. The smallest absolute Gasteiger partial charge is 0.338 e. The molecule has 1 aliphatic heterocycles. The van der Waals surface area contributed by atoms with E-state index in [0.29, 0.717) is 0 Å². The number of nitrogens with one attached hydrogen (secondary N) is 1. The van der Waals surface area contributed by atoms with E-state index in [1.54, 1.807) is 20.8 Å². The van der Waals surface area contributed by atoms with Crippen LogP contribution in [0.25, 0.3) is 0 Å². The second-order valence-electron chi connectivity index (χ2n) is 8.19. The molecule has 1 aliphatic rings. The van der Waals surface area contributed by atoms with E-state index in [2.05, 4.69) is 5.32 Å². The van der Waals surface area contributed by atoms with Crippen LogP contribution in [0.4, 0.5) is 10.1 Å². The quantitative estimate of drug-likeness (QED) is 0.532. The fourth-order valence-electron chi connectivity index (χ4n) is 3.13. The van der Waals surface area contributed by atoms with Crippen LogP contribution in [-0.4, -0.2) is 35.3 Å². The van der Waals surface area contributed by atoms with Crippen molar-refractivity contribution in [2.24, 2.45) is 5.92 Å². The van der Waals surface area contributed by atoms with E-state index < -0.39 is 41.2 Å². The molecule has 9 heteroatoms. The third-order valence-electron chi connectivity index (χ3n) is 5.63. The number of halogens is 1. The van der Waals surface area contributed by atoms with Crippen molar-refractivity contribution >= 4 is 29.4 Å². The third-order valence-corrected chi connectivity index (χ3v) is 5.63. The minimum absolute atomic E-state index is 0.00672. The number of rotatable bonds is 6. The van der Waals surface area contributed by atoms with Crippen LogP contribution in [0.5, 0.6) is 0 Å². The Bertz CT molecular complexity index is 1190. The van der Waals surface area contributed by atoms with Crippen molar-refractivity contribution in [2.75, 3.05) is 4.90 Å². The predicted octanol–water partition coefficient (Wildman–Crippen LogP) is 3.23. The summed E-state index contributed by atoms with van der Waals surface area (Å²) in [6, 6.07) is 10.8. The number of hydrogen-bond acceptors (Lipinski definition) is 6. The van der Waals surface area contributed by atoms with E-state index >= 15 is 0 Å². The average molecular weight is 451 g/mol. The van der Waals surface area contributed by atoms with Gasteiger partial charge < -0.3 is 10.1 Å². The van der Waals surface area contributed by atoms with E-state index in [9.17, 15) is 28.8 Å². The highest BCUT2D eigenvalue weighted by molar-refractivity contribution is 6.34. The van der Waals surface area contributed by atoms with Gasteiger partial charge in [0.1, 0.15) is 11.4 Å². The zero-order chi connectivity index (χ0) is 24.5. The molecule has 3 amide bonds. The topological polar surface area (TPSA) is 117 Å². The zero-order valence-electron chi connectivity index (χ0n) is 18.5. The van der Waals surface area contributed by atoms with Gasteiger partial charge in [-0.1, -0.05) is 13.8 Å². The highest BCUT2D eigenvalue weighted by Crippen LogP contribution is 2.29. The molecule has 2 aromatic rings. The first-order chi connectivity index (χ1) is 15.5. The molecule has 1 heterocycles. The predicted molar refractivity (Wildman–Crippen MR) is 116 cm³/mol. The SMILES string of the molecule is CC(OC(=O)c1ccc2c(c1)C(=O)N(c1ccc(F)cc1)C2=O)C(=O)NC(C)(C#N)C(C)C. The normalized spacial score (nSPS) is 15.5. The van der Waals surface area contributed by atoms with Gasteiger partial charge in [0.15, 0.2) is 6.10 Å². The lowest BCUT2D eigenvalue weighted by atomic mass is 9.90. The van der Waals surface area contributed by atoms with Crippen LogP contribution < -0.4 is 10.2 Å². The van der Waals surface area contributed by atoms with Gasteiger partial charge in [-0.2, -0.15) is 5.26 Å². The molecule has 0 saturated carbocycles. The van der Waals surface area contributed by atoms with Crippen molar-refractivity contribution in [3.8, 4) is 6.07 Å². The first-order valence-corrected chi connectivity index (χ1v) is 10.2. The summed E-state index contributed by atoms with van der Waals surface area (Å²) in [6.07, 6.45) is -1.20. The van der Waals surface area contributed by atoms with Gasteiger partial charge >= 0.3 is 5.97 Å². The number of nitrogens with zero attached hydrogens (tertiary/aromatic N) is 2. The Morgan fingerprint density at radius 2 is 1.67 bits per heavy atom. The molecule has 0 spiro atoms. The molecule has 1 N–H and O–H groups in total. The Morgan fingerprint density at radius 3 is 2.24 bits per heavy atom. The summed E-state index contributed by atoms with van der Waals surface area (Å²) < 4.78 is 18.4. The molecule has 0 aromatic heterocycles. The minimum atomic E-state index is -1.20. The number of esters is 1. The summed E-state index contributed by atoms with van der Waals surface area (Å²) in [5.41, 5.74) is -0.881. The Hall–Kier alpha value is -4.06. The van der Waals surface area contributed by atoms with Gasteiger partial charge in [-0.05, 0) is 62.2 Å². The summed E-state index contributed by atoms with van der Waals surface area (Å²) in [4.78, 5) is 51.4. The Labute approximate surface area is 189 Å². The van der Waals surface area contributed by atoms with Crippen LogP contribution in [0.15, 0.2) is 42.5 Å². The molecule has 0 aliphatic carbocycles. The standard InChI is InChI=1S/C24H22FN3O5/c1-13(2)24(4,12-26)27-20(29)14(3)33-23(32)15-5-10-18-19(11-15)22(31)28(21(18)30)17-8-6-16(25)7-9-17/h5-11,13-14H,1-4H3,(H,27,29). The van der Waals surface area contributed by atoms with Gasteiger partial charge in [-0.25, -0.2) is 14.1 Å². The van der Waals surface area contributed by atoms with Crippen molar-refractivity contribution in [1.82, 2.24) is 5.32 Å². The summed E-state index contributed by atoms with van der Waals surface area (Å²) >= 11 is 0. The monoisotopic (exact) mass is 451 g/mol. The summed E-state index contributed by atoms with van der Waals surface area (Å²) in [5.74, 6) is -3.47. The van der Waals surface area contributed by atoms with Crippen LogP contribution in [0, 0.1) is 23.1 Å². The van der Waals surface area contributed by atoms with Crippen molar-refractivity contribution in [3.05, 3.63) is 65.0 Å². The van der Waals surface area contributed by atoms with Crippen LogP contribution in [-0.2, 0) is 9.53 Å². The first kappa shape index (κ1) is 23.6. The molecule has 33 heavy (non-hydrogen) atoms. The highest BCUT2D eigenvalue weighted by atomic mass is 19.1.